The molecule has 0 saturated carbocycles. The minimum absolute atomic E-state index is 0. The molecule has 9 nitrogen and oxygen atoms in total. The number of anilines is 1. The third kappa shape index (κ3) is 14.2. The number of benzene rings is 4. The highest BCUT2D eigenvalue weighted by Crippen LogP contribution is 2.33. The summed E-state index contributed by atoms with van der Waals surface area (Å²) in [6.45, 7) is 1.92. The van der Waals surface area contributed by atoms with Gasteiger partial charge >= 0.3 is 12.4 Å². The Bertz CT molecular complexity index is 1830. The first kappa shape index (κ1) is 44.8. The molecule has 0 bridgehead atoms. The van der Waals surface area contributed by atoms with Crippen LogP contribution in [0.2, 0.25) is 0 Å². The second-order valence-electron chi connectivity index (χ2n) is 9.98. The number of alkyl halides is 6. The Morgan fingerprint density at radius 2 is 1.42 bits per heavy atom. The smallest absolute Gasteiger partial charge is 0.454 e. The number of aliphatic hydroxyl groups excluding tert-OH is 1. The summed E-state index contributed by atoms with van der Waals surface area (Å²) in [5, 5.41) is 13.1. The first-order chi connectivity index (χ1) is 24.0. The van der Waals surface area contributed by atoms with Crippen LogP contribution in [-0.2, 0) is 20.3 Å². The SMILES string of the molecule is Cc1ccc(-n2nc(C(F)(F)F)cc2-c2ccc(I)cc2)cc1.Cl.NNc1ccc(SOON)cc1.O=C(C=C(O)c1ccc(I)cc1)C(F)(F)F. The van der Waals surface area contributed by atoms with Gasteiger partial charge in [0.2, 0.25) is 0 Å². The van der Waals surface area contributed by atoms with E-state index in [2.05, 4.69) is 48.3 Å². The molecule has 5 rings (SSSR count). The van der Waals surface area contributed by atoms with Crippen LogP contribution in [0.3, 0.4) is 0 Å². The number of carbonyl (C=O) groups excluding carboxylic acids is 1. The second kappa shape index (κ2) is 20.8. The average molecular weight is 994 g/mol. The van der Waals surface area contributed by atoms with Crippen LogP contribution in [0.25, 0.3) is 22.7 Å². The van der Waals surface area contributed by atoms with Crippen molar-refractivity contribution in [1.29, 1.82) is 0 Å². The van der Waals surface area contributed by atoms with Gasteiger partial charge in [-0.25, -0.2) is 4.68 Å². The van der Waals surface area contributed by atoms with E-state index in [9.17, 15) is 36.2 Å². The number of nitrogens with two attached hydrogens (primary N) is 2. The summed E-state index contributed by atoms with van der Waals surface area (Å²) in [4.78, 5) is 15.4. The first-order valence-electron chi connectivity index (χ1n) is 14.1. The normalized spacial score (nSPS) is 11.3. The fourth-order valence-electron chi connectivity index (χ4n) is 3.80. The highest BCUT2D eigenvalue weighted by molar-refractivity contribution is 14.1. The minimum atomic E-state index is -4.96. The molecule has 0 spiro atoms. The number of aryl methyl sites for hydroxylation is 1. The van der Waals surface area contributed by atoms with Gasteiger partial charge in [0.05, 0.1) is 23.4 Å². The predicted octanol–water partition coefficient (Wildman–Crippen LogP) is 10.0. The maximum atomic E-state index is 13.1. The zero-order valence-electron chi connectivity index (χ0n) is 26.5. The number of hydrogen-bond donors (Lipinski definition) is 4. The molecule has 52 heavy (non-hydrogen) atoms. The number of aliphatic hydroxyl groups is 1. The number of carbonyl (C=O) groups is 1. The molecular weight excluding hydrogens is 966 g/mol. The standard InChI is InChI=1S/C17H12F3IN2.C10H6F3IO2.C6H9N3O2S.ClH/c1-11-2-8-14(9-3-11)23-15(10-16(22-23)17(18,19)20)12-4-6-13(21)7-5-12;11-10(12,13)9(16)5-8(15)6-1-3-7(14)4-2-6;7-9-5-1-3-6(4-2-5)12-11-10-8;/h2-10H,1H3;1-5,15H;1-4,9H,7-8H2;1H. The molecule has 5 aromatic rings. The molecular formula is C33H28ClF6I2N5O4S. The van der Waals surface area contributed by atoms with E-state index in [1.807, 2.05) is 78.0 Å². The van der Waals surface area contributed by atoms with E-state index in [1.165, 1.54) is 16.8 Å². The number of nitrogens with one attached hydrogen (secondary N) is 1. The highest BCUT2D eigenvalue weighted by atomic mass is 127. The van der Waals surface area contributed by atoms with E-state index in [0.29, 0.717) is 16.9 Å². The summed E-state index contributed by atoms with van der Waals surface area (Å²) >= 11 is 5.19. The zero-order valence-corrected chi connectivity index (χ0v) is 32.4. The van der Waals surface area contributed by atoms with E-state index in [-0.39, 0.29) is 24.0 Å². The van der Waals surface area contributed by atoms with Crippen LogP contribution in [-0.4, -0.2) is 26.8 Å². The number of ketones is 1. The number of allylic oxidation sites excluding steroid dienone is 1. The highest BCUT2D eigenvalue weighted by Gasteiger charge is 2.37. The van der Waals surface area contributed by atoms with Crippen molar-refractivity contribution in [3.05, 3.63) is 133 Å². The molecule has 4 aromatic carbocycles. The zero-order chi connectivity index (χ0) is 37.8. The topological polar surface area (TPSA) is 138 Å². The molecule has 0 amide bonds. The number of hydrazine groups is 1. The molecule has 0 atom stereocenters. The van der Waals surface area contributed by atoms with Crippen molar-refractivity contribution in [2.45, 2.75) is 24.2 Å². The van der Waals surface area contributed by atoms with Crippen molar-refractivity contribution in [3.63, 3.8) is 0 Å². The van der Waals surface area contributed by atoms with Crippen LogP contribution < -0.4 is 17.2 Å². The van der Waals surface area contributed by atoms with Crippen molar-refractivity contribution in [3.8, 4) is 16.9 Å². The number of aromatic nitrogens is 2. The summed E-state index contributed by atoms with van der Waals surface area (Å²) < 4.78 is 82.5. The maximum absolute atomic E-state index is 13.1. The molecule has 0 aliphatic carbocycles. The van der Waals surface area contributed by atoms with E-state index in [1.54, 1.807) is 36.4 Å². The molecule has 0 radical (unpaired) electrons. The van der Waals surface area contributed by atoms with E-state index < -0.39 is 29.6 Å². The Kier molecular flexibility index (Phi) is 17.9. The van der Waals surface area contributed by atoms with Crippen molar-refractivity contribution in [2.75, 3.05) is 5.43 Å². The summed E-state index contributed by atoms with van der Waals surface area (Å²) in [6.07, 6.45) is -9.27. The maximum Gasteiger partial charge on any atom is 0.454 e. The number of halogens is 9. The molecule has 6 N–H and O–H groups in total. The Balaban J connectivity index is 0.000000284. The van der Waals surface area contributed by atoms with Gasteiger partial charge in [0.15, 0.2) is 5.69 Å². The van der Waals surface area contributed by atoms with Crippen molar-refractivity contribution >= 4 is 86.9 Å². The molecule has 0 aliphatic heterocycles. The van der Waals surface area contributed by atoms with Crippen molar-refractivity contribution < 1.29 is 45.6 Å². The van der Waals surface area contributed by atoms with Gasteiger partial charge in [-0.2, -0.15) is 37.3 Å². The van der Waals surface area contributed by atoms with E-state index in [4.69, 9.17) is 5.84 Å². The van der Waals surface area contributed by atoms with Gasteiger partial charge in [-0.15, -0.1) is 21.7 Å². The molecule has 1 aromatic heterocycles. The second-order valence-corrected chi connectivity index (χ2v) is 13.2. The predicted molar refractivity (Wildman–Crippen MR) is 206 cm³/mol. The Labute approximate surface area is 331 Å². The van der Waals surface area contributed by atoms with Gasteiger partial charge in [-0.1, -0.05) is 42.0 Å². The lowest BCUT2D eigenvalue weighted by molar-refractivity contribution is -0.195. The van der Waals surface area contributed by atoms with Crippen LogP contribution in [0, 0.1) is 14.1 Å². The summed E-state index contributed by atoms with van der Waals surface area (Å²) in [5.41, 5.74) is 5.33. The summed E-state index contributed by atoms with van der Waals surface area (Å²) in [7, 11) is 0. The largest absolute Gasteiger partial charge is 0.507 e. The molecule has 278 valence electrons. The third-order valence-electron chi connectivity index (χ3n) is 6.30. The van der Waals surface area contributed by atoms with Gasteiger partial charge in [0, 0.05) is 34.9 Å². The number of rotatable bonds is 8. The molecule has 0 fully saturated rings. The monoisotopic (exact) mass is 993 g/mol. The summed E-state index contributed by atoms with van der Waals surface area (Å²) in [6, 6.07) is 28.9. The fourth-order valence-corrected chi connectivity index (χ4v) is 4.89. The lowest BCUT2D eigenvalue weighted by atomic mass is 10.1. The lowest BCUT2D eigenvalue weighted by Crippen LogP contribution is -2.20. The number of hydrogen-bond acceptors (Lipinski definition) is 9. The Morgan fingerprint density at radius 3 is 1.90 bits per heavy atom. The first-order valence-corrected chi connectivity index (χ1v) is 17.0. The van der Waals surface area contributed by atoms with Crippen LogP contribution in [0.1, 0.15) is 16.8 Å². The third-order valence-corrected chi connectivity index (χ3v) is 8.35. The van der Waals surface area contributed by atoms with Crippen LogP contribution >= 0.6 is 69.6 Å². The van der Waals surface area contributed by atoms with Gasteiger partial charge in [0.1, 0.15) is 5.76 Å². The Morgan fingerprint density at radius 1 is 0.885 bits per heavy atom. The van der Waals surface area contributed by atoms with Crippen LogP contribution in [0.5, 0.6) is 0 Å². The van der Waals surface area contributed by atoms with Crippen molar-refractivity contribution in [1.82, 2.24) is 9.78 Å². The fraction of sp³-hybridized carbons (Fsp3) is 0.0909. The van der Waals surface area contributed by atoms with Gasteiger partial charge in [-0.3, -0.25) is 10.6 Å². The molecule has 19 heteroatoms. The lowest BCUT2D eigenvalue weighted by Gasteiger charge is -2.08. The van der Waals surface area contributed by atoms with Crippen LogP contribution in [0.15, 0.2) is 114 Å². The molecule has 1 heterocycles. The molecule has 0 unspecified atom stereocenters. The molecule has 0 aliphatic rings. The number of nitrogens with zero attached hydrogens (tertiary/aromatic N) is 2. The van der Waals surface area contributed by atoms with Crippen molar-refractivity contribution in [2.24, 2.45) is 11.7 Å². The number of nitrogen functional groups attached to an aromatic ring is 1. The quantitative estimate of drug-likeness (QED) is 0.0175. The van der Waals surface area contributed by atoms with E-state index in [0.717, 1.165) is 41.4 Å². The van der Waals surface area contributed by atoms with Crippen LogP contribution in [0.4, 0.5) is 32.0 Å². The van der Waals surface area contributed by atoms with E-state index >= 15 is 0 Å². The molecule has 0 saturated heterocycles. The average Bonchev–Trinajstić information content (AvgIpc) is 3.55. The van der Waals surface area contributed by atoms with Gasteiger partial charge in [-0.05, 0) is 119 Å². The van der Waals surface area contributed by atoms with Gasteiger partial charge in [0.25, 0.3) is 5.78 Å². The summed E-state index contributed by atoms with van der Waals surface area (Å²) in [5.74, 6) is 7.05. The Hall–Kier alpha value is -3.38. The minimum Gasteiger partial charge on any atom is -0.507 e. The van der Waals surface area contributed by atoms with Gasteiger partial charge < -0.3 is 10.5 Å².